The number of halogens is 3. The lowest BCUT2D eigenvalue weighted by molar-refractivity contribution is -0.188. The molecule has 1 saturated heterocycles. The number of rotatable bonds is 4. The van der Waals surface area contributed by atoms with Crippen LogP contribution in [-0.2, 0) is 20.7 Å². The molecule has 3 rings (SSSR count). The van der Waals surface area contributed by atoms with E-state index in [2.05, 4.69) is 0 Å². The number of carbonyl (C=O) groups excluding carboxylic acids is 2. The van der Waals surface area contributed by atoms with Crippen LogP contribution >= 0.6 is 0 Å². The standard InChI is InChI=1S/C24H25F3O3/c1-6-13-10-14(16-11-18(26)19(27)12-17(16)25)8-9-15(13)20-21(28)23(3,4)30-24(5,7-2)22(20)29/h8-12,20H,6-7H2,1-5H3. The fourth-order valence-electron chi connectivity index (χ4n) is 4.07. The molecule has 1 aliphatic heterocycles. The van der Waals surface area contributed by atoms with Crippen LogP contribution in [0.1, 0.15) is 58.1 Å². The summed E-state index contributed by atoms with van der Waals surface area (Å²) in [5, 5.41) is 0. The average Bonchev–Trinajstić information content (AvgIpc) is 2.69. The molecule has 0 bridgehead atoms. The summed E-state index contributed by atoms with van der Waals surface area (Å²) in [4.78, 5) is 26.4. The van der Waals surface area contributed by atoms with Crippen molar-refractivity contribution in [2.24, 2.45) is 0 Å². The highest BCUT2D eigenvalue weighted by atomic mass is 19.2. The minimum absolute atomic E-state index is 0.0847. The second-order valence-corrected chi connectivity index (χ2v) is 8.37. The van der Waals surface area contributed by atoms with Crippen LogP contribution in [0.5, 0.6) is 0 Å². The summed E-state index contributed by atoms with van der Waals surface area (Å²) in [6, 6.07) is 6.06. The van der Waals surface area contributed by atoms with Gasteiger partial charge >= 0.3 is 0 Å². The van der Waals surface area contributed by atoms with Gasteiger partial charge in [-0.3, -0.25) is 9.59 Å². The Morgan fingerprint density at radius 2 is 1.53 bits per heavy atom. The number of hydrogen-bond donors (Lipinski definition) is 0. The van der Waals surface area contributed by atoms with E-state index in [4.69, 9.17) is 4.74 Å². The van der Waals surface area contributed by atoms with E-state index >= 15 is 0 Å². The van der Waals surface area contributed by atoms with Gasteiger partial charge in [0.1, 0.15) is 22.9 Å². The maximum Gasteiger partial charge on any atom is 0.179 e. The summed E-state index contributed by atoms with van der Waals surface area (Å²) in [7, 11) is 0. The molecule has 0 saturated carbocycles. The largest absolute Gasteiger partial charge is 0.354 e. The van der Waals surface area contributed by atoms with Crippen LogP contribution in [0.15, 0.2) is 30.3 Å². The second-order valence-electron chi connectivity index (χ2n) is 8.37. The molecule has 2 aromatic rings. The number of carbonyl (C=O) groups is 2. The van der Waals surface area contributed by atoms with Crippen LogP contribution < -0.4 is 0 Å². The summed E-state index contributed by atoms with van der Waals surface area (Å²) in [6.07, 6.45) is 0.883. The predicted octanol–water partition coefficient (Wildman–Crippen LogP) is 5.53. The molecule has 0 spiro atoms. The first-order chi connectivity index (χ1) is 13.9. The molecule has 2 atom stereocenters. The number of benzene rings is 2. The fourth-order valence-corrected chi connectivity index (χ4v) is 4.07. The first-order valence-corrected chi connectivity index (χ1v) is 10.0. The van der Waals surface area contributed by atoms with Gasteiger partial charge in [0.2, 0.25) is 0 Å². The topological polar surface area (TPSA) is 43.4 Å². The zero-order valence-corrected chi connectivity index (χ0v) is 17.7. The molecule has 1 fully saturated rings. The zero-order valence-electron chi connectivity index (χ0n) is 17.7. The Hall–Kier alpha value is -2.47. The molecule has 160 valence electrons. The summed E-state index contributed by atoms with van der Waals surface area (Å²) in [6.45, 7) is 8.67. The van der Waals surface area contributed by atoms with Gasteiger partial charge in [-0.25, -0.2) is 13.2 Å². The van der Waals surface area contributed by atoms with Crippen LogP contribution in [0.4, 0.5) is 13.2 Å². The van der Waals surface area contributed by atoms with Crippen molar-refractivity contribution < 1.29 is 27.5 Å². The minimum Gasteiger partial charge on any atom is -0.354 e. The monoisotopic (exact) mass is 418 g/mol. The molecule has 0 aromatic heterocycles. The average molecular weight is 418 g/mol. The van der Waals surface area contributed by atoms with Crippen molar-refractivity contribution in [2.45, 2.75) is 64.6 Å². The highest BCUT2D eigenvalue weighted by Gasteiger charge is 2.54. The number of hydrogen-bond acceptors (Lipinski definition) is 3. The fraction of sp³-hybridized carbons (Fsp3) is 0.417. The van der Waals surface area contributed by atoms with Crippen molar-refractivity contribution in [2.75, 3.05) is 0 Å². The number of Topliss-reactive ketones (excluding diaryl/α,β-unsaturated/α-hetero) is 2. The van der Waals surface area contributed by atoms with Crippen molar-refractivity contribution in [3.63, 3.8) is 0 Å². The van der Waals surface area contributed by atoms with Crippen LogP contribution in [0.2, 0.25) is 0 Å². The van der Waals surface area contributed by atoms with Gasteiger partial charge in [-0.1, -0.05) is 32.0 Å². The molecular weight excluding hydrogens is 393 g/mol. The lowest BCUT2D eigenvalue weighted by atomic mass is 9.72. The van der Waals surface area contributed by atoms with E-state index in [1.54, 1.807) is 32.9 Å². The zero-order chi connectivity index (χ0) is 22.4. The van der Waals surface area contributed by atoms with Gasteiger partial charge in [0.25, 0.3) is 0 Å². The maximum atomic E-state index is 14.2. The highest BCUT2D eigenvalue weighted by molar-refractivity contribution is 6.15. The van der Waals surface area contributed by atoms with Gasteiger partial charge in [-0.05, 0) is 56.4 Å². The molecule has 0 N–H and O–H groups in total. The molecule has 0 aliphatic carbocycles. The Morgan fingerprint density at radius 1 is 0.900 bits per heavy atom. The highest BCUT2D eigenvalue weighted by Crippen LogP contribution is 2.42. The van der Waals surface area contributed by atoms with E-state index in [1.165, 1.54) is 6.07 Å². The van der Waals surface area contributed by atoms with Crippen molar-refractivity contribution in [1.29, 1.82) is 0 Å². The summed E-state index contributed by atoms with van der Waals surface area (Å²) in [5.74, 6) is -4.94. The summed E-state index contributed by atoms with van der Waals surface area (Å²) in [5.41, 5.74) is -0.776. The van der Waals surface area contributed by atoms with Gasteiger partial charge in [-0.2, -0.15) is 0 Å². The molecule has 0 radical (unpaired) electrons. The van der Waals surface area contributed by atoms with Crippen molar-refractivity contribution >= 4 is 11.6 Å². The molecule has 2 aromatic carbocycles. The van der Waals surface area contributed by atoms with E-state index in [0.29, 0.717) is 35.6 Å². The molecule has 1 heterocycles. The number of aryl methyl sites for hydroxylation is 1. The van der Waals surface area contributed by atoms with Crippen molar-refractivity contribution in [3.8, 4) is 11.1 Å². The van der Waals surface area contributed by atoms with Gasteiger partial charge in [0, 0.05) is 11.6 Å². The van der Waals surface area contributed by atoms with Gasteiger partial charge in [0.05, 0.1) is 0 Å². The van der Waals surface area contributed by atoms with Gasteiger partial charge < -0.3 is 4.74 Å². The Balaban J connectivity index is 2.14. The molecule has 0 amide bonds. The van der Waals surface area contributed by atoms with E-state index in [-0.39, 0.29) is 17.1 Å². The van der Waals surface area contributed by atoms with E-state index in [0.717, 1.165) is 6.07 Å². The van der Waals surface area contributed by atoms with Crippen LogP contribution in [0, 0.1) is 17.5 Å². The molecule has 2 unspecified atom stereocenters. The molecule has 30 heavy (non-hydrogen) atoms. The van der Waals surface area contributed by atoms with Crippen LogP contribution in [0.3, 0.4) is 0 Å². The molecule has 6 heteroatoms. The first-order valence-electron chi connectivity index (χ1n) is 10.0. The van der Waals surface area contributed by atoms with Crippen LogP contribution in [0.25, 0.3) is 11.1 Å². The van der Waals surface area contributed by atoms with Gasteiger partial charge in [-0.15, -0.1) is 0 Å². The van der Waals surface area contributed by atoms with Gasteiger partial charge in [0.15, 0.2) is 23.2 Å². The molecular formula is C24H25F3O3. The maximum absolute atomic E-state index is 14.2. The van der Waals surface area contributed by atoms with E-state index in [9.17, 15) is 22.8 Å². The van der Waals surface area contributed by atoms with Crippen molar-refractivity contribution in [3.05, 3.63) is 58.9 Å². The lowest BCUT2D eigenvalue weighted by Gasteiger charge is -2.44. The third kappa shape index (κ3) is 3.58. The normalized spacial score (nSPS) is 23.7. The minimum atomic E-state index is -1.26. The Bertz CT molecular complexity index is 1030. The summed E-state index contributed by atoms with van der Waals surface area (Å²) >= 11 is 0. The summed E-state index contributed by atoms with van der Waals surface area (Å²) < 4.78 is 47.1. The quantitative estimate of drug-likeness (QED) is 0.484. The Morgan fingerprint density at radius 3 is 2.13 bits per heavy atom. The van der Waals surface area contributed by atoms with Crippen LogP contribution in [-0.4, -0.2) is 22.8 Å². The number of ether oxygens (including phenoxy) is 1. The second kappa shape index (κ2) is 7.65. The third-order valence-electron chi connectivity index (χ3n) is 5.95. The molecule has 1 aliphatic rings. The number of ketones is 2. The Labute approximate surface area is 174 Å². The molecule has 3 nitrogen and oxygen atoms in total. The first kappa shape index (κ1) is 22.2. The third-order valence-corrected chi connectivity index (χ3v) is 5.95. The smallest absolute Gasteiger partial charge is 0.179 e. The van der Waals surface area contributed by atoms with Crippen molar-refractivity contribution in [1.82, 2.24) is 0 Å². The SMILES string of the molecule is CCc1cc(-c2cc(F)c(F)cc2F)ccc1C1C(=O)C(C)(C)OC(C)(CC)C1=O. The van der Waals surface area contributed by atoms with E-state index < -0.39 is 34.6 Å². The van der Waals surface area contributed by atoms with E-state index in [1.807, 2.05) is 13.8 Å². The predicted molar refractivity (Wildman–Crippen MR) is 108 cm³/mol. The Kier molecular flexibility index (Phi) is 5.67. The lowest BCUT2D eigenvalue weighted by Crippen LogP contribution is -2.59.